The van der Waals surface area contributed by atoms with Gasteiger partial charge in [-0.3, -0.25) is 10.1 Å². The van der Waals surface area contributed by atoms with E-state index in [9.17, 15) is 14.9 Å². The van der Waals surface area contributed by atoms with Crippen molar-refractivity contribution < 1.29 is 19.2 Å². The monoisotopic (exact) mass is 282 g/mol. The first-order chi connectivity index (χ1) is 9.35. The molecule has 0 heterocycles. The number of methoxy groups -OCH3 is 1. The Labute approximate surface area is 117 Å². The van der Waals surface area contributed by atoms with Gasteiger partial charge in [0, 0.05) is 17.8 Å². The summed E-state index contributed by atoms with van der Waals surface area (Å²) in [5, 5.41) is 13.8. The fourth-order valence-corrected chi connectivity index (χ4v) is 1.59. The highest BCUT2D eigenvalue weighted by Gasteiger charge is 2.19. The van der Waals surface area contributed by atoms with Gasteiger partial charge in [0.15, 0.2) is 5.75 Å². The number of carbonyl (C=O) groups is 1. The largest absolute Gasteiger partial charge is 0.484 e. The number of nitro benzene ring substituents is 1. The molecule has 1 aromatic rings. The summed E-state index contributed by atoms with van der Waals surface area (Å²) in [5.74, 6) is -0.262. The molecule has 0 aliphatic rings. The lowest BCUT2D eigenvalue weighted by atomic mass is 10.2. The normalized spacial score (nSPS) is 11.8. The highest BCUT2D eigenvalue weighted by atomic mass is 16.6. The third-order valence-electron chi connectivity index (χ3n) is 2.46. The lowest BCUT2D eigenvalue weighted by Gasteiger charge is -2.15. The number of nitrogens with one attached hydrogen (secondary N) is 1. The van der Waals surface area contributed by atoms with Gasteiger partial charge in [0.2, 0.25) is 0 Å². The molecule has 110 valence electrons. The van der Waals surface area contributed by atoms with Gasteiger partial charge in [-0.1, -0.05) is 0 Å². The molecular formula is C13H18N2O5. The third-order valence-corrected chi connectivity index (χ3v) is 2.46. The Kier molecular flexibility index (Phi) is 5.31. The van der Waals surface area contributed by atoms with Gasteiger partial charge in [-0.25, -0.2) is 4.79 Å². The number of esters is 1. The zero-order valence-corrected chi connectivity index (χ0v) is 11.9. The lowest BCUT2D eigenvalue weighted by Crippen LogP contribution is -2.27. The van der Waals surface area contributed by atoms with E-state index in [0.29, 0.717) is 5.69 Å². The summed E-state index contributed by atoms with van der Waals surface area (Å²) in [6.07, 6.45) is -0.193. The Hall–Kier alpha value is -2.31. The number of nitro groups is 1. The van der Waals surface area contributed by atoms with E-state index >= 15 is 0 Å². The first-order valence-electron chi connectivity index (χ1n) is 6.14. The average molecular weight is 282 g/mol. The van der Waals surface area contributed by atoms with Crippen LogP contribution in [0.4, 0.5) is 11.4 Å². The molecule has 1 unspecified atom stereocenters. The SMILES string of the molecule is COC(=O)C(C)Nc1ccc([N+](=O)[O-])c(OC(C)C)c1. The molecule has 1 aromatic carbocycles. The van der Waals surface area contributed by atoms with Crippen LogP contribution >= 0.6 is 0 Å². The van der Waals surface area contributed by atoms with Crippen molar-refractivity contribution in [3.05, 3.63) is 28.3 Å². The van der Waals surface area contributed by atoms with Crippen LogP contribution in [0.3, 0.4) is 0 Å². The van der Waals surface area contributed by atoms with Crippen LogP contribution in [0.25, 0.3) is 0 Å². The second-order valence-electron chi connectivity index (χ2n) is 4.50. The first kappa shape index (κ1) is 15.7. The summed E-state index contributed by atoms with van der Waals surface area (Å²) in [7, 11) is 1.30. The highest BCUT2D eigenvalue weighted by molar-refractivity contribution is 5.79. The third kappa shape index (κ3) is 4.11. The molecule has 0 aliphatic heterocycles. The molecule has 20 heavy (non-hydrogen) atoms. The molecule has 0 fully saturated rings. The predicted molar refractivity (Wildman–Crippen MR) is 74.0 cm³/mol. The van der Waals surface area contributed by atoms with Gasteiger partial charge in [0.25, 0.3) is 0 Å². The fraction of sp³-hybridized carbons (Fsp3) is 0.462. The molecule has 1 rings (SSSR count). The molecule has 0 saturated carbocycles. The minimum absolute atomic E-state index is 0.116. The van der Waals surface area contributed by atoms with Gasteiger partial charge >= 0.3 is 11.7 Å². The standard InChI is InChI=1S/C13H18N2O5/c1-8(2)20-12-7-10(5-6-11(12)15(17)18)14-9(3)13(16)19-4/h5-9,14H,1-4H3. The van der Waals surface area contributed by atoms with E-state index in [1.807, 2.05) is 0 Å². The summed E-state index contributed by atoms with van der Waals surface area (Å²) >= 11 is 0. The molecule has 0 saturated heterocycles. The van der Waals surface area contributed by atoms with Crippen molar-refractivity contribution in [3.8, 4) is 5.75 Å². The van der Waals surface area contributed by atoms with Crippen LogP contribution in [0.2, 0.25) is 0 Å². The molecular weight excluding hydrogens is 264 g/mol. The van der Waals surface area contributed by atoms with Crippen molar-refractivity contribution >= 4 is 17.3 Å². The van der Waals surface area contributed by atoms with Gasteiger partial charge in [-0.15, -0.1) is 0 Å². The maximum Gasteiger partial charge on any atom is 0.327 e. The maximum absolute atomic E-state index is 11.3. The number of hydrogen-bond donors (Lipinski definition) is 1. The number of ether oxygens (including phenoxy) is 2. The lowest BCUT2D eigenvalue weighted by molar-refractivity contribution is -0.386. The zero-order chi connectivity index (χ0) is 15.3. The van der Waals surface area contributed by atoms with Crippen molar-refractivity contribution in [1.29, 1.82) is 0 Å². The summed E-state index contributed by atoms with van der Waals surface area (Å²) in [6.45, 7) is 5.19. The zero-order valence-electron chi connectivity index (χ0n) is 11.9. The van der Waals surface area contributed by atoms with Crippen LogP contribution in [0, 0.1) is 10.1 Å². The van der Waals surface area contributed by atoms with E-state index in [1.165, 1.54) is 25.3 Å². The van der Waals surface area contributed by atoms with Crippen molar-refractivity contribution in [2.75, 3.05) is 12.4 Å². The topological polar surface area (TPSA) is 90.7 Å². The quantitative estimate of drug-likeness (QED) is 0.489. The molecule has 0 amide bonds. The molecule has 1 atom stereocenters. The van der Waals surface area contributed by atoms with Gasteiger partial charge in [-0.2, -0.15) is 0 Å². The van der Waals surface area contributed by atoms with Crippen LogP contribution in [0.5, 0.6) is 5.75 Å². The van der Waals surface area contributed by atoms with Crippen LogP contribution in [0.15, 0.2) is 18.2 Å². The van der Waals surface area contributed by atoms with E-state index in [1.54, 1.807) is 20.8 Å². The smallest absolute Gasteiger partial charge is 0.327 e. The van der Waals surface area contributed by atoms with Gasteiger partial charge in [0.05, 0.1) is 18.1 Å². The Morgan fingerprint density at radius 1 is 1.35 bits per heavy atom. The average Bonchev–Trinajstić information content (AvgIpc) is 2.36. The number of benzene rings is 1. The molecule has 0 radical (unpaired) electrons. The van der Waals surface area contributed by atoms with Crippen molar-refractivity contribution in [2.45, 2.75) is 32.9 Å². The summed E-state index contributed by atoms with van der Waals surface area (Å²) in [5.41, 5.74) is 0.430. The van der Waals surface area contributed by atoms with Crippen LogP contribution in [-0.2, 0) is 9.53 Å². The minimum Gasteiger partial charge on any atom is -0.484 e. The second kappa shape index (κ2) is 6.74. The van der Waals surface area contributed by atoms with Crippen LogP contribution < -0.4 is 10.1 Å². The fourth-order valence-electron chi connectivity index (χ4n) is 1.59. The minimum atomic E-state index is -0.562. The Morgan fingerprint density at radius 2 is 2.00 bits per heavy atom. The number of anilines is 1. The van der Waals surface area contributed by atoms with Gasteiger partial charge in [0.1, 0.15) is 6.04 Å². The van der Waals surface area contributed by atoms with Crippen molar-refractivity contribution in [3.63, 3.8) is 0 Å². The van der Waals surface area contributed by atoms with E-state index in [-0.39, 0.29) is 17.5 Å². The summed E-state index contributed by atoms with van der Waals surface area (Å²) < 4.78 is 10.0. The Bertz CT molecular complexity index is 502. The van der Waals surface area contributed by atoms with Gasteiger partial charge in [-0.05, 0) is 26.8 Å². The number of carbonyl (C=O) groups excluding carboxylic acids is 1. The second-order valence-corrected chi connectivity index (χ2v) is 4.50. The number of rotatable bonds is 6. The van der Waals surface area contributed by atoms with E-state index in [4.69, 9.17) is 4.74 Å². The molecule has 0 bridgehead atoms. The van der Waals surface area contributed by atoms with Gasteiger partial charge < -0.3 is 14.8 Å². The number of nitrogens with zero attached hydrogens (tertiary/aromatic N) is 1. The number of hydrogen-bond acceptors (Lipinski definition) is 6. The maximum atomic E-state index is 11.3. The van der Waals surface area contributed by atoms with E-state index in [0.717, 1.165) is 0 Å². The first-order valence-corrected chi connectivity index (χ1v) is 6.14. The van der Waals surface area contributed by atoms with E-state index in [2.05, 4.69) is 10.1 Å². The van der Waals surface area contributed by atoms with Crippen LogP contribution in [0.1, 0.15) is 20.8 Å². The molecule has 7 nitrogen and oxygen atoms in total. The van der Waals surface area contributed by atoms with Crippen LogP contribution in [-0.4, -0.2) is 30.1 Å². The van der Waals surface area contributed by atoms with Crippen molar-refractivity contribution in [1.82, 2.24) is 0 Å². The molecule has 0 aromatic heterocycles. The summed E-state index contributed by atoms with van der Waals surface area (Å²) in [6, 6.07) is 3.79. The Morgan fingerprint density at radius 3 is 2.50 bits per heavy atom. The Balaban J connectivity index is 3.00. The molecule has 7 heteroatoms. The predicted octanol–water partition coefficient (Wildman–Crippen LogP) is 2.36. The van der Waals surface area contributed by atoms with Crippen molar-refractivity contribution in [2.24, 2.45) is 0 Å². The molecule has 0 aliphatic carbocycles. The van der Waals surface area contributed by atoms with E-state index < -0.39 is 16.9 Å². The molecule has 0 spiro atoms. The summed E-state index contributed by atoms with van der Waals surface area (Å²) in [4.78, 5) is 21.7. The molecule has 1 N–H and O–H groups in total. The highest BCUT2D eigenvalue weighted by Crippen LogP contribution is 2.31.